The zero-order valence-corrected chi connectivity index (χ0v) is 14.2. The molecule has 3 rings (SSSR count). The summed E-state index contributed by atoms with van der Waals surface area (Å²) in [4.78, 5) is 0. The van der Waals surface area contributed by atoms with Crippen molar-refractivity contribution in [2.24, 2.45) is 23.7 Å². The van der Waals surface area contributed by atoms with Gasteiger partial charge in [0.05, 0.1) is 0 Å². The Morgan fingerprint density at radius 1 is 1.00 bits per heavy atom. The Hall–Kier alpha value is 0.350. The molecule has 0 amide bonds. The molecule has 0 aromatic carbocycles. The average molecular weight is 283 g/mol. The van der Waals surface area contributed by atoms with Crippen molar-refractivity contribution >= 4 is 10.0 Å². The minimum Gasteiger partial charge on any atom is -0.244 e. The van der Waals surface area contributed by atoms with Crippen LogP contribution in [0.15, 0.2) is 0 Å². The number of hydrogen-bond acceptors (Lipinski definition) is 0. The molecule has 2 unspecified atom stereocenters. The normalized spacial score (nSPS) is 40.1. The summed E-state index contributed by atoms with van der Waals surface area (Å²) >= 11 is 0. The molecule has 0 bridgehead atoms. The highest BCUT2D eigenvalue weighted by Crippen LogP contribution is 2.59. The molecule has 0 aromatic rings. The molecule has 0 aromatic heterocycles. The number of hydrogen-bond donors (Lipinski definition) is 0. The van der Waals surface area contributed by atoms with E-state index < -0.39 is 0 Å². The van der Waals surface area contributed by atoms with Crippen molar-refractivity contribution in [2.45, 2.75) is 70.0 Å². The van der Waals surface area contributed by atoms with Gasteiger partial charge in [-0.15, -0.1) is 0 Å². The van der Waals surface area contributed by atoms with Gasteiger partial charge >= 0.3 is 0 Å². The van der Waals surface area contributed by atoms with Gasteiger partial charge in [-0.1, -0.05) is 32.6 Å². The summed E-state index contributed by atoms with van der Waals surface area (Å²) in [6.45, 7) is 2.54. The van der Waals surface area contributed by atoms with E-state index in [1.54, 1.807) is 44.3 Å². The molecule has 3 aliphatic rings. The maximum absolute atomic E-state index is 2.56. The van der Waals surface area contributed by atoms with Gasteiger partial charge < -0.3 is 0 Å². The summed E-state index contributed by atoms with van der Waals surface area (Å²) in [5.41, 5.74) is 0. The lowest BCUT2D eigenvalue weighted by molar-refractivity contribution is 0.159. The van der Waals surface area contributed by atoms with Crippen LogP contribution >= 0.6 is 10.0 Å². The third-order valence-corrected chi connectivity index (χ3v) is 9.98. The highest BCUT2D eigenvalue weighted by molar-refractivity contribution is 8.34. The highest BCUT2D eigenvalue weighted by atomic mass is 32.3. The topological polar surface area (TPSA) is 0 Å². The fourth-order valence-corrected chi connectivity index (χ4v) is 7.52. The van der Waals surface area contributed by atoms with Crippen LogP contribution in [-0.4, -0.2) is 23.5 Å². The standard InChI is InChI=1S/C18H34S/c1-14(18-9-10-19(18,2)3)5-4-6-16-12-17(13-16)11-15-7-8-15/h14-18H,4-13H2,1-3H3. The van der Waals surface area contributed by atoms with Gasteiger partial charge in [0.25, 0.3) is 0 Å². The lowest BCUT2D eigenvalue weighted by Crippen LogP contribution is -2.36. The monoisotopic (exact) mass is 282 g/mol. The van der Waals surface area contributed by atoms with Gasteiger partial charge in [-0.2, -0.15) is 0 Å². The molecule has 1 saturated heterocycles. The predicted octanol–water partition coefficient (Wildman–Crippen LogP) is 5.46. The molecule has 1 aliphatic heterocycles. The molecule has 0 nitrogen and oxygen atoms in total. The van der Waals surface area contributed by atoms with Crippen LogP contribution in [0.2, 0.25) is 0 Å². The number of rotatable bonds is 7. The van der Waals surface area contributed by atoms with Crippen molar-refractivity contribution < 1.29 is 0 Å². The molecule has 19 heavy (non-hydrogen) atoms. The molecule has 2 atom stereocenters. The Labute approximate surface area is 122 Å². The molecule has 0 spiro atoms. The third-order valence-electron chi connectivity index (χ3n) is 6.35. The highest BCUT2D eigenvalue weighted by Gasteiger charge is 2.37. The van der Waals surface area contributed by atoms with Crippen LogP contribution < -0.4 is 0 Å². The van der Waals surface area contributed by atoms with Crippen LogP contribution in [0.3, 0.4) is 0 Å². The summed E-state index contributed by atoms with van der Waals surface area (Å²) in [5.74, 6) is 5.99. The Bertz CT molecular complexity index is 299. The molecule has 2 aliphatic carbocycles. The van der Waals surface area contributed by atoms with Crippen molar-refractivity contribution in [3.05, 3.63) is 0 Å². The summed E-state index contributed by atoms with van der Waals surface area (Å²) in [5, 5.41) is 1.11. The van der Waals surface area contributed by atoms with E-state index in [1.165, 1.54) is 19.3 Å². The lowest BCUT2D eigenvalue weighted by Gasteiger charge is -2.53. The van der Waals surface area contributed by atoms with Gasteiger partial charge in [-0.25, -0.2) is 10.0 Å². The van der Waals surface area contributed by atoms with E-state index in [2.05, 4.69) is 19.4 Å². The molecule has 0 radical (unpaired) electrons. The fourth-order valence-electron chi connectivity index (χ4n) is 4.68. The maximum Gasteiger partial charge on any atom is -0.00836 e. The fraction of sp³-hybridized carbons (Fsp3) is 1.00. The van der Waals surface area contributed by atoms with E-state index in [1.807, 2.05) is 0 Å². The summed E-state index contributed by atoms with van der Waals surface area (Å²) < 4.78 is 0. The van der Waals surface area contributed by atoms with E-state index in [4.69, 9.17) is 0 Å². The molecular weight excluding hydrogens is 248 g/mol. The minimum absolute atomic E-state index is 0.179. The Kier molecular flexibility index (Phi) is 4.23. The Morgan fingerprint density at radius 2 is 1.74 bits per heavy atom. The SMILES string of the molecule is CC(CCCC1CC(CC2CC2)C1)C1CCS1(C)C. The van der Waals surface area contributed by atoms with Gasteiger partial charge in [-0.05, 0) is 79.3 Å². The zero-order valence-electron chi connectivity index (χ0n) is 13.4. The van der Waals surface area contributed by atoms with Crippen molar-refractivity contribution in [2.75, 3.05) is 18.3 Å². The van der Waals surface area contributed by atoms with E-state index in [0.717, 1.165) is 28.9 Å². The van der Waals surface area contributed by atoms with Crippen LogP contribution in [0.4, 0.5) is 0 Å². The van der Waals surface area contributed by atoms with E-state index in [9.17, 15) is 0 Å². The summed E-state index contributed by atoms with van der Waals surface area (Å²) in [6.07, 6.45) is 19.1. The smallest absolute Gasteiger partial charge is 0.00836 e. The van der Waals surface area contributed by atoms with E-state index in [-0.39, 0.29) is 10.0 Å². The first-order valence-electron chi connectivity index (χ1n) is 8.74. The molecule has 1 heteroatoms. The van der Waals surface area contributed by atoms with Gasteiger partial charge in [0.1, 0.15) is 0 Å². The van der Waals surface area contributed by atoms with Crippen molar-refractivity contribution in [3.8, 4) is 0 Å². The first kappa shape index (κ1) is 14.3. The van der Waals surface area contributed by atoms with E-state index >= 15 is 0 Å². The van der Waals surface area contributed by atoms with Crippen LogP contribution in [0.1, 0.15) is 64.7 Å². The second-order valence-corrected chi connectivity index (χ2v) is 12.7. The molecule has 2 saturated carbocycles. The van der Waals surface area contributed by atoms with Crippen LogP contribution in [-0.2, 0) is 0 Å². The van der Waals surface area contributed by atoms with Crippen LogP contribution in [0.25, 0.3) is 0 Å². The third kappa shape index (κ3) is 3.52. The largest absolute Gasteiger partial charge is 0.244 e. The van der Waals surface area contributed by atoms with Crippen molar-refractivity contribution in [3.63, 3.8) is 0 Å². The second-order valence-electron chi connectivity index (χ2n) is 8.45. The Morgan fingerprint density at radius 3 is 2.26 bits per heavy atom. The molecule has 112 valence electrons. The first-order chi connectivity index (χ1) is 9.04. The van der Waals surface area contributed by atoms with Gasteiger partial charge in [0, 0.05) is 0 Å². The van der Waals surface area contributed by atoms with Gasteiger partial charge in [0.15, 0.2) is 0 Å². The van der Waals surface area contributed by atoms with Crippen LogP contribution in [0, 0.1) is 23.7 Å². The zero-order chi connectivity index (χ0) is 13.5. The maximum atomic E-state index is 2.56. The first-order valence-corrected chi connectivity index (χ1v) is 11.4. The predicted molar refractivity (Wildman–Crippen MR) is 89.3 cm³/mol. The molecule has 0 N–H and O–H groups in total. The van der Waals surface area contributed by atoms with Crippen molar-refractivity contribution in [1.82, 2.24) is 0 Å². The second kappa shape index (κ2) is 5.62. The summed E-state index contributed by atoms with van der Waals surface area (Å²) in [7, 11) is -0.179. The molecular formula is C18H34S. The van der Waals surface area contributed by atoms with Crippen molar-refractivity contribution in [1.29, 1.82) is 0 Å². The van der Waals surface area contributed by atoms with Gasteiger partial charge in [0.2, 0.25) is 0 Å². The minimum atomic E-state index is -0.179. The molecule has 3 fully saturated rings. The Balaban J connectivity index is 1.25. The average Bonchev–Trinajstić information content (AvgIpc) is 3.08. The van der Waals surface area contributed by atoms with E-state index in [0.29, 0.717) is 0 Å². The van der Waals surface area contributed by atoms with Crippen LogP contribution in [0.5, 0.6) is 0 Å². The lowest BCUT2D eigenvalue weighted by atomic mass is 9.70. The quantitative estimate of drug-likeness (QED) is 0.582. The summed E-state index contributed by atoms with van der Waals surface area (Å²) in [6, 6.07) is 0. The van der Waals surface area contributed by atoms with Gasteiger partial charge in [-0.3, -0.25) is 0 Å². The molecule has 1 heterocycles.